The number of hydrogen-bond acceptors (Lipinski definition) is 1. The van der Waals surface area contributed by atoms with E-state index < -0.39 is 0 Å². The summed E-state index contributed by atoms with van der Waals surface area (Å²) in [4.78, 5) is 0. The van der Waals surface area contributed by atoms with Crippen LogP contribution in [0.1, 0.15) is 5.56 Å². The molecule has 0 amide bonds. The Morgan fingerprint density at radius 1 is 0.737 bits per heavy atom. The van der Waals surface area contributed by atoms with Crippen molar-refractivity contribution in [3.05, 3.63) is 72.3 Å². The number of benzene rings is 3. The highest BCUT2D eigenvalue weighted by Gasteiger charge is 2.08. The Balaban J connectivity index is 0.00000133. The fourth-order valence-corrected chi connectivity index (χ4v) is 2.43. The standard InChI is InChI=1S/C17H15N.H3P/c18-12-15-11-10-13-6-4-5-9-16(13)17(15)14-7-2-1-3-8-14;/h1-11H,12,18H2;1H3. The van der Waals surface area contributed by atoms with E-state index in [4.69, 9.17) is 5.73 Å². The molecule has 19 heavy (non-hydrogen) atoms. The Morgan fingerprint density at radius 3 is 2.16 bits per heavy atom. The molecule has 0 saturated carbocycles. The predicted molar refractivity (Wildman–Crippen MR) is 88.4 cm³/mol. The van der Waals surface area contributed by atoms with Crippen LogP contribution in [0.5, 0.6) is 0 Å². The molecule has 2 heteroatoms. The van der Waals surface area contributed by atoms with Gasteiger partial charge in [0.2, 0.25) is 0 Å². The second-order valence-corrected chi connectivity index (χ2v) is 4.39. The highest BCUT2D eigenvalue weighted by molar-refractivity contribution is 6.92. The minimum absolute atomic E-state index is 0. The Bertz CT molecular complexity index is 677. The van der Waals surface area contributed by atoms with Crippen LogP contribution in [-0.4, -0.2) is 0 Å². The van der Waals surface area contributed by atoms with Gasteiger partial charge in [0.15, 0.2) is 0 Å². The van der Waals surface area contributed by atoms with Crippen molar-refractivity contribution in [2.75, 3.05) is 0 Å². The van der Waals surface area contributed by atoms with Gasteiger partial charge in [0, 0.05) is 6.54 Å². The molecule has 0 spiro atoms. The van der Waals surface area contributed by atoms with Crippen molar-refractivity contribution in [2.45, 2.75) is 6.54 Å². The molecule has 0 aliphatic carbocycles. The van der Waals surface area contributed by atoms with Crippen LogP contribution in [0, 0.1) is 0 Å². The summed E-state index contributed by atoms with van der Waals surface area (Å²) >= 11 is 0. The summed E-state index contributed by atoms with van der Waals surface area (Å²) in [6, 6.07) is 23.2. The topological polar surface area (TPSA) is 26.0 Å². The molecule has 3 aromatic rings. The molecular formula is C17H18NP. The van der Waals surface area contributed by atoms with Gasteiger partial charge in [-0.3, -0.25) is 0 Å². The van der Waals surface area contributed by atoms with Gasteiger partial charge in [-0.25, -0.2) is 0 Å². The van der Waals surface area contributed by atoms with Crippen LogP contribution in [0.15, 0.2) is 66.7 Å². The van der Waals surface area contributed by atoms with E-state index in [0.29, 0.717) is 6.54 Å². The largest absolute Gasteiger partial charge is 0.326 e. The van der Waals surface area contributed by atoms with Gasteiger partial charge < -0.3 is 5.73 Å². The van der Waals surface area contributed by atoms with E-state index in [-0.39, 0.29) is 9.90 Å². The van der Waals surface area contributed by atoms with Gasteiger partial charge in [-0.1, -0.05) is 66.7 Å². The minimum atomic E-state index is 0. The molecule has 0 radical (unpaired) electrons. The molecule has 2 N–H and O–H groups in total. The molecule has 1 nitrogen and oxygen atoms in total. The van der Waals surface area contributed by atoms with Gasteiger partial charge in [0.1, 0.15) is 0 Å². The maximum Gasteiger partial charge on any atom is 0.0184 e. The lowest BCUT2D eigenvalue weighted by Crippen LogP contribution is -1.99. The molecule has 3 aromatic carbocycles. The predicted octanol–water partition coefficient (Wildman–Crippen LogP) is 4.02. The summed E-state index contributed by atoms with van der Waals surface area (Å²) in [7, 11) is 0. The van der Waals surface area contributed by atoms with Crippen molar-refractivity contribution in [1.29, 1.82) is 0 Å². The number of hydrogen-bond donors (Lipinski definition) is 1. The highest BCUT2D eigenvalue weighted by atomic mass is 31.0. The maximum atomic E-state index is 5.88. The van der Waals surface area contributed by atoms with E-state index in [2.05, 4.69) is 60.7 Å². The second kappa shape index (κ2) is 5.97. The first kappa shape index (κ1) is 13.7. The molecule has 3 rings (SSSR count). The van der Waals surface area contributed by atoms with Crippen LogP contribution in [0.4, 0.5) is 0 Å². The molecule has 1 atom stereocenters. The third kappa shape index (κ3) is 2.53. The molecule has 1 unspecified atom stereocenters. The zero-order valence-electron chi connectivity index (χ0n) is 10.8. The monoisotopic (exact) mass is 267 g/mol. The van der Waals surface area contributed by atoms with Gasteiger partial charge >= 0.3 is 0 Å². The highest BCUT2D eigenvalue weighted by Crippen LogP contribution is 2.31. The SMILES string of the molecule is NCc1ccc2ccccc2c1-c1ccccc1.P. The quantitative estimate of drug-likeness (QED) is 0.697. The van der Waals surface area contributed by atoms with Gasteiger partial charge in [0.25, 0.3) is 0 Å². The van der Waals surface area contributed by atoms with Crippen molar-refractivity contribution >= 4 is 20.7 Å². The van der Waals surface area contributed by atoms with E-state index in [1.165, 1.54) is 27.5 Å². The smallest absolute Gasteiger partial charge is 0.0184 e. The van der Waals surface area contributed by atoms with Crippen LogP contribution in [0.2, 0.25) is 0 Å². The Labute approximate surface area is 117 Å². The van der Waals surface area contributed by atoms with Crippen LogP contribution < -0.4 is 5.73 Å². The van der Waals surface area contributed by atoms with Gasteiger partial charge in [-0.15, -0.1) is 0 Å². The van der Waals surface area contributed by atoms with Crippen molar-refractivity contribution in [3.63, 3.8) is 0 Å². The van der Waals surface area contributed by atoms with Crippen molar-refractivity contribution < 1.29 is 0 Å². The van der Waals surface area contributed by atoms with Crippen LogP contribution in [0.3, 0.4) is 0 Å². The van der Waals surface area contributed by atoms with Crippen molar-refractivity contribution in [3.8, 4) is 11.1 Å². The van der Waals surface area contributed by atoms with Gasteiger partial charge in [0.05, 0.1) is 0 Å². The first-order chi connectivity index (χ1) is 8.90. The maximum absolute atomic E-state index is 5.88. The first-order valence-electron chi connectivity index (χ1n) is 6.16. The Morgan fingerprint density at radius 2 is 1.42 bits per heavy atom. The van der Waals surface area contributed by atoms with E-state index in [9.17, 15) is 0 Å². The summed E-state index contributed by atoms with van der Waals surface area (Å²) in [5, 5.41) is 2.53. The van der Waals surface area contributed by atoms with E-state index >= 15 is 0 Å². The molecule has 0 aliphatic heterocycles. The molecule has 0 bridgehead atoms. The molecule has 0 aromatic heterocycles. The third-order valence-corrected chi connectivity index (χ3v) is 3.30. The second-order valence-electron chi connectivity index (χ2n) is 4.39. The number of fused-ring (bicyclic) bond motifs is 1. The lowest BCUT2D eigenvalue weighted by Gasteiger charge is -2.12. The normalized spacial score (nSPS) is 10.2. The van der Waals surface area contributed by atoms with Crippen LogP contribution in [-0.2, 0) is 6.54 Å². The van der Waals surface area contributed by atoms with Gasteiger partial charge in [-0.05, 0) is 27.5 Å². The Hall–Kier alpha value is -1.69. The van der Waals surface area contributed by atoms with Crippen LogP contribution >= 0.6 is 9.90 Å². The lowest BCUT2D eigenvalue weighted by atomic mass is 9.93. The fourth-order valence-electron chi connectivity index (χ4n) is 2.43. The zero-order valence-corrected chi connectivity index (χ0v) is 12.3. The summed E-state index contributed by atoms with van der Waals surface area (Å²) in [5.74, 6) is 0. The third-order valence-electron chi connectivity index (χ3n) is 3.30. The minimum Gasteiger partial charge on any atom is -0.326 e. The van der Waals surface area contributed by atoms with E-state index in [0.717, 1.165) is 0 Å². The summed E-state index contributed by atoms with van der Waals surface area (Å²) < 4.78 is 0. The molecule has 0 heterocycles. The molecular weight excluding hydrogens is 249 g/mol. The lowest BCUT2D eigenvalue weighted by molar-refractivity contribution is 1.08. The fraction of sp³-hybridized carbons (Fsp3) is 0.0588. The average Bonchev–Trinajstić information content (AvgIpc) is 2.47. The summed E-state index contributed by atoms with van der Waals surface area (Å²) in [6.07, 6.45) is 0. The number of rotatable bonds is 2. The average molecular weight is 267 g/mol. The molecule has 96 valence electrons. The van der Waals surface area contributed by atoms with Gasteiger partial charge in [-0.2, -0.15) is 9.90 Å². The zero-order chi connectivity index (χ0) is 12.4. The Kier molecular flexibility index (Phi) is 4.31. The molecule has 0 saturated heterocycles. The van der Waals surface area contributed by atoms with Crippen molar-refractivity contribution in [1.82, 2.24) is 0 Å². The van der Waals surface area contributed by atoms with E-state index in [1.54, 1.807) is 0 Å². The summed E-state index contributed by atoms with van der Waals surface area (Å²) in [6.45, 7) is 0.565. The van der Waals surface area contributed by atoms with Crippen LogP contribution in [0.25, 0.3) is 21.9 Å². The summed E-state index contributed by atoms with van der Waals surface area (Å²) in [5.41, 5.74) is 9.56. The first-order valence-corrected chi connectivity index (χ1v) is 6.16. The van der Waals surface area contributed by atoms with Crippen molar-refractivity contribution in [2.24, 2.45) is 5.73 Å². The van der Waals surface area contributed by atoms with E-state index in [1.807, 2.05) is 6.07 Å². The number of nitrogens with two attached hydrogens (primary N) is 1. The molecule has 0 fully saturated rings. The molecule has 0 aliphatic rings.